The van der Waals surface area contributed by atoms with Gasteiger partial charge in [-0.1, -0.05) is 36.9 Å². The van der Waals surface area contributed by atoms with E-state index in [1.165, 1.54) is 44.2 Å². The fourth-order valence-electron chi connectivity index (χ4n) is 4.83. The van der Waals surface area contributed by atoms with Crippen molar-refractivity contribution >= 4 is 23.5 Å². The van der Waals surface area contributed by atoms with E-state index in [0.717, 1.165) is 26.2 Å². The van der Waals surface area contributed by atoms with Gasteiger partial charge in [0.05, 0.1) is 0 Å². The lowest BCUT2D eigenvalue weighted by Gasteiger charge is -2.41. The van der Waals surface area contributed by atoms with E-state index in [-0.39, 0.29) is 18.5 Å². The van der Waals surface area contributed by atoms with E-state index in [4.69, 9.17) is 11.6 Å². The lowest BCUT2D eigenvalue weighted by Crippen LogP contribution is -2.54. The molecule has 2 aliphatic heterocycles. The Morgan fingerprint density at radius 3 is 2.40 bits per heavy atom. The Kier molecular flexibility index (Phi) is 6.78. The number of carbonyl (C=O) groups excluding carboxylic acids is 2. The molecule has 1 aromatic carbocycles. The molecule has 0 radical (unpaired) electrons. The number of nitrogens with zero attached hydrogens (tertiary/aromatic N) is 4. The maximum Gasteiger partial charge on any atom is 0.320 e. The van der Waals surface area contributed by atoms with Gasteiger partial charge in [0.2, 0.25) is 5.91 Å². The zero-order valence-corrected chi connectivity index (χ0v) is 18.1. The SMILES string of the molecule is O=C(CN1CCN(Cc2ccc(F)cc2Cl)C1=O)N1CCN(C2CCCCC2)CC1. The van der Waals surface area contributed by atoms with Crippen LogP contribution in [0.5, 0.6) is 0 Å². The van der Waals surface area contributed by atoms with Gasteiger partial charge < -0.3 is 14.7 Å². The number of carbonyl (C=O) groups is 2. The average molecular weight is 437 g/mol. The van der Waals surface area contributed by atoms with Gasteiger partial charge in [-0.15, -0.1) is 0 Å². The number of benzene rings is 1. The minimum atomic E-state index is -0.396. The summed E-state index contributed by atoms with van der Waals surface area (Å²) in [6.45, 7) is 4.84. The number of piperazine rings is 1. The standard InChI is InChI=1S/C22H30ClFN4O2/c23-20-14-18(24)7-6-17(20)15-27-12-13-28(22(27)30)16-21(29)26-10-8-25(9-11-26)19-4-2-1-3-5-19/h6-7,14,19H,1-5,8-13,15-16H2. The summed E-state index contributed by atoms with van der Waals surface area (Å²) in [6.07, 6.45) is 6.55. The van der Waals surface area contributed by atoms with Crippen LogP contribution >= 0.6 is 11.6 Å². The van der Waals surface area contributed by atoms with Crippen molar-refractivity contribution in [1.82, 2.24) is 19.6 Å². The molecule has 0 spiro atoms. The second-order valence-corrected chi connectivity index (χ2v) is 8.98. The molecule has 164 valence electrons. The highest BCUT2D eigenvalue weighted by molar-refractivity contribution is 6.31. The van der Waals surface area contributed by atoms with Crippen molar-refractivity contribution in [3.8, 4) is 0 Å². The summed E-state index contributed by atoms with van der Waals surface area (Å²) < 4.78 is 13.2. The molecule has 0 N–H and O–H groups in total. The third-order valence-corrected chi connectivity index (χ3v) is 6.99. The first-order chi connectivity index (χ1) is 14.5. The van der Waals surface area contributed by atoms with E-state index < -0.39 is 5.82 Å². The summed E-state index contributed by atoms with van der Waals surface area (Å²) in [6, 6.07) is 4.72. The Bertz CT molecular complexity index is 778. The van der Waals surface area contributed by atoms with Crippen molar-refractivity contribution in [3.05, 3.63) is 34.6 Å². The summed E-state index contributed by atoms with van der Waals surface area (Å²) in [7, 11) is 0. The van der Waals surface area contributed by atoms with Crippen molar-refractivity contribution in [2.24, 2.45) is 0 Å². The van der Waals surface area contributed by atoms with Crippen LogP contribution in [0.1, 0.15) is 37.7 Å². The van der Waals surface area contributed by atoms with Crippen LogP contribution in [0, 0.1) is 5.82 Å². The van der Waals surface area contributed by atoms with Crippen molar-refractivity contribution in [2.45, 2.75) is 44.7 Å². The van der Waals surface area contributed by atoms with Crippen LogP contribution in [-0.2, 0) is 11.3 Å². The van der Waals surface area contributed by atoms with Crippen molar-refractivity contribution in [3.63, 3.8) is 0 Å². The molecule has 3 fully saturated rings. The lowest BCUT2D eigenvalue weighted by molar-refractivity contribution is -0.133. The van der Waals surface area contributed by atoms with Gasteiger partial charge in [0.1, 0.15) is 12.4 Å². The van der Waals surface area contributed by atoms with Crippen LogP contribution < -0.4 is 0 Å². The van der Waals surface area contributed by atoms with Gasteiger partial charge in [0, 0.05) is 56.9 Å². The Morgan fingerprint density at radius 2 is 1.70 bits per heavy atom. The fourth-order valence-corrected chi connectivity index (χ4v) is 5.05. The Balaban J connectivity index is 1.25. The quantitative estimate of drug-likeness (QED) is 0.712. The van der Waals surface area contributed by atoms with E-state index in [9.17, 15) is 14.0 Å². The minimum absolute atomic E-state index is 0.0216. The van der Waals surface area contributed by atoms with Crippen LogP contribution in [-0.4, -0.2) is 83.4 Å². The Morgan fingerprint density at radius 1 is 1.00 bits per heavy atom. The van der Waals surface area contributed by atoms with Gasteiger partial charge in [0.25, 0.3) is 0 Å². The van der Waals surface area contributed by atoms with Crippen molar-refractivity contribution in [2.75, 3.05) is 45.8 Å². The largest absolute Gasteiger partial charge is 0.339 e. The molecule has 30 heavy (non-hydrogen) atoms. The van der Waals surface area contributed by atoms with Crippen LogP contribution in [0.2, 0.25) is 5.02 Å². The van der Waals surface area contributed by atoms with Crippen LogP contribution in [0.4, 0.5) is 9.18 Å². The summed E-state index contributed by atoms with van der Waals surface area (Å²) >= 11 is 6.09. The van der Waals surface area contributed by atoms with Crippen molar-refractivity contribution < 1.29 is 14.0 Å². The van der Waals surface area contributed by atoms with Crippen LogP contribution in [0.15, 0.2) is 18.2 Å². The zero-order chi connectivity index (χ0) is 21.1. The number of amides is 3. The summed E-state index contributed by atoms with van der Waals surface area (Å²) in [4.78, 5) is 33.2. The van der Waals surface area contributed by atoms with E-state index in [1.807, 2.05) is 4.90 Å². The fraction of sp³-hybridized carbons (Fsp3) is 0.636. The molecule has 0 atom stereocenters. The van der Waals surface area contributed by atoms with E-state index in [2.05, 4.69) is 4.90 Å². The maximum atomic E-state index is 13.2. The highest BCUT2D eigenvalue weighted by Gasteiger charge is 2.33. The van der Waals surface area contributed by atoms with E-state index in [0.29, 0.717) is 36.3 Å². The third kappa shape index (κ3) is 4.89. The molecule has 6 nitrogen and oxygen atoms in total. The van der Waals surface area contributed by atoms with E-state index >= 15 is 0 Å². The number of rotatable bonds is 5. The normalized spacial score (nSPS) is 21.5. The highest BCUT2D eigenvalue weighted by atomic mass is 35.5. The molecule has 2 saturated heterocycles. The predicted octanol–water partition coefficient (Wildman–Crippen LogP) is 3.19. The number of urea groups is 1. The monoisotopic (exact) mass is 436 g/mol. The molecule has 1 saturated carbocycles. The van der Waals surface area contributed by atoms with Gasteiger partial charge in [0.15, 0.2) is 0 Å². The van der Waals surface area contributed by atoms with Gasteiger partial charge in [-0.05, 0) is 30.5 Å². The third-order valence-electron chi connectivity index (χ3n) is 6.64. The first kappa shape index (κ1) is 21.4. The van der Waals surface area contributed by atoms with Crippen molar-refractivity contribution in [1.29, 1.82) is 0 Å². The molecule has 3 amide bonds. The summed E-state index contributed by atoms with van der Waals surface area (Å²) in [5, 5.41) is 0.313. The Labute approximate surface area is 182 Å². The predicted molar refractivity (Wildman–Crippen MR) is 114 cm³/mol. The van der Waals surface area contributed by atoms with Gasteiger partial charge in [-0.2, -0.15) is 0 Å². The zero-order valence-electron chi connectivity index (χ0n) is 17.4. The van der Waals surface area contributed by atoms with Crippen LogP contribution in [0.25, 0.3) is 0 Å². The molecule has 0 aromatic heterocycles. The van der Waals surface area contributed by atoms with Gasteiger partial charge in [-0.3, -0.25) is 9.69 Å². The molecule has 4 rings (SSSR count). The topological polar surface area (TPSA) is 47.1 Å². The first-order valence-corrected chi connectivity index (χ1v) is 11.4. The molecular formula is C22H30ClFN4O2. The minimum Gasteiger partial charge on any atom is -0.339 e. The summed E-state index contributed by atoms with van der Waals surface area (Å²) in [5.74, 6) is -0.374. The second-order valence-electron chi connectivity index (χ2n) is 8.57. The summed E-state index contributed by atoms with van der Waals surface area (Å²) in [5.41, 5.74) is 0.707. The molecule has 1 aliphatic carbocycles. The highest BCUT2D eigenvalue weighted by Crippen LogP contribution is 2.24. The average Bonchev–Trinajstić information content (AvgIpc) is 3.10. The molecule has 2 heterocycles. The molecule has 8 heteroatoms. The molecule has 0 unspecified atom stereocenters. The van der Waals surface area contributed by atoms with Crippen LogP contribution in [0.3, 0.4) is 0 Å². The number of hydrogen-bond donors (Lipinski definition) is 0. The van der Waals surface area contributed by atoms with Gasteiger partial charge >= 0.3 is 6.03 Å². The first-order valence-electron chi connectivity index (χ1n) is 11.0. The number of hydrogen-bond acceptors (Lipinski definition) is 3. The number of halogens is 2. The lowest BCUT2D eigenvalue weighted by atomic mass is 9.94. The molecule has 3 aliphatic rings. The second kappa shape index (κ2) is 9.52. The Hall–Kier alpha value is -1.86. The maximum absolute atomic E-state index is 13.2. The van der Waals surface area contributed by atoms with Gasteiger partial charge in [-0.25, -0.2) is 9.18 Å². The molecular weight excluding hydrogens is 407 g/mol. The van der Waals surface area contributed by atoms with E-state index in [1.54, 1.807) is 15.9 Å². The smallest absolute Gasteiger partial charge is 0.320 e. The molecule has 0 bridgehead atoms. The molecule has 1 aromatic rings.